The van der Waals surface area contributed by atoms with Crippen molar-refractivity contribution in [3.8, 4) is 0 Å². The minimum Gasteiger partial charge on any atom is -0.744 e. The zero-order valence-electron chi connectivity index (χ0n) is 25.3. The van der Waals surface area contributed by atoms with Crippen LogP contribution in [0.3, 0.4) is 0 Å². The van der Waals surface area contributed by atoms with Crippen LogP contribution in [0.25, 0.3) is 0 Å². The van der Waals surface area contributed by atoms with E-state index in [1.807, 2.05) is 19.1 Å². The number of quaternary nitrogens is 1. The Hall–Kier alpha value is -4.07. The van der Waals surface area contributed by atoms with E-state index >= 15 is 0 Å². The Balaban J connectivity index is 0.000000490. The van der Waals surface area contributed by atoms with Gasteiger partial charge in [-0.25, -0.2) is 8.42 Å². The van der Waals surface area contributed by atoms with Gasteiger partial charge < -0.3 is 19.7 Å². The third kappa shape index (κ3) is 11.6. The Morgan fingerprint density at radius 3 is 1.49 bits per heavy atom. The zero-order chi connectivity index (χ0) is 32.2. The normalized spacial score (nSPS) is 11.3. The summed E-state index contributed by atoms with van der Waals surface area (Å²) < 4.78 is 32.1. The number of benzene rings is 3. The number of nitrogens with zero attached hydrogens (tertiary/aromatic N) is 3. The van der Waals surface area contributed by atoms with Gasteiger partial charge in [0.1, 0.15) is 10.1 Å². The van der Waals surface area contributed by atoms with Crippen LogP contribution in [0.4, 0.5) is 22.7 Å². The molecule has 12 nitrogen and oxygen atoms in total. The Kier molecular flexibility index (Phi) is 13.0. The maximum Gasteiger partial charge on any atom is 0.272 e. The molecule has 3 rings (SSSR count). The number of nitro benzene ring substituents is 2. The molecule has 13 heteroatoms. The molecule has 0 bridgehead atoms. The maximum absolute atomic E-state index is 10.9. The molecule has 0 aliphatic heterocycles. The van der Waals surface area contributed by atoms with E-state index in [4.69, 9.17) is 0 Å². The Morgan fingerprint density at radius 2 is 1.16 bits per heavy atom. The van der Waals surface area contributed by atoms with Gasteiger partial charge in [-0.2, -0.15) is 0 Å². The molecule has 2 N–H and O–H groups in total. The van der Waals surface area contributed by atoms with Crippen LogP contribution in [0.1, 0.15) is 36.5 Å². The van der Waals surface area contributed by atoms with E-state index in [1.54, 1.807) is 50.2 Å². The van der Waals surface area contributed by atoms with Gasteiger partial charge in [-0.15, -0.1) is 0 Å². The molecule has 234 valence electrons. The van der Waals surface area contributed by atoms with Crippen LogP contribution in [-0.4, -0.2) is 67.1 Å². The fourth-order valence-corrected chi connectivity index (χ4v) is 4.93. The highest BCUT2D eigenvalue weighted by molar-refractivity contribution is 7.85. The maximum atomic E-state index is 10.9. The largest absolute Gasteiger partial charge is 0.744 e. The molecule has 0 saturated carbocycles. The van der Waals surface area contributed by atoms with Gasteiger partial charge in [0.15, 0.2) is 0 Å². The second-order valence-electron chi connectivity index (χ2n) is 10.7. The van der Waals surface area contributed by atoms with Crippen LogP contribution in [0.5, 0.6) is 0 Å². The molecule has 3 aromatic rings. The molecule has 3 aromatic carbocycles. The fraction of sp³-hybridized carbons (Fsp3) is 0.400. The monoisotopic (exact) mass is 615 g/mol. The van der Waals surface area contributed by atoms with Gasteiger partial charge >= 0.3 is 0 Å². The molecule has 0 heterocycles. The lowest BCUT2D eigenvalue weighted by Gasteiger charge is -2.33. The van der Waals surface area contributed by atoms with Gasteiger partial charge in [0.2, 0.25) is 0 Å². The van der Waals surface area contributed by atoms with Crippen LogP contribution >= 0.6 is 0 Å². The standard InChI is InChI=1S/C23H34N5O4.C7H8O3S/c1-5-28(4,14-6-12-24-20-8-10-22(26(29)30)18(2)16-20)15-7-13-25-21-9-11-23(27(31)32)19(3)17-21;1-6-2-4-7(5-3-6)11(8,9)10/h8-11,16-17,24-25H,5-7,12-15H2,1-4H3;2-5H,1H3,(H,8,9,10)/q+1;/p-1. The minimum atomic E-state index is -4.27. The summed E-state index contributed by atoms with van der Waals surface area (Å²) in [5.41, 5.74) is 4.33. The van der Waals surface area contributed by atoms with Crippen molar-refractivity contribution in [1.82, 2.24) is 0 Å². The molecule has 0 aliphatic rings. The number of anilines is 2. The molecule has 0 spiro atoms. The Morgan fingerprint density at radius 1 is 0.744 bits per heavy atom. The first kappa shape index (κ1) is 35.1. The highest BCUT2D eigenvalue weighted by Crippen LogP contribution is 2.22. The Labute approximate surface area is 253 Å². The summed E-state index contributed by atoms with van der Waals surface area (Å²) in [5, 5.41) is 28.6. The summed E-state index contributed by atoms with van der Waals surface area (Å²) >= 11 is 0. The number of hydrogen-bond donors (Lipinski definition) is 2. The molecule has 0 unspecified atom stereocenters. The van der Waals surface area contributed by atoms with Gasteiger partial charge in [-0.05, 0) is 64.1 Å². The zero-order valence-corrected chi connectivity index (χ0v) is 26.1. The first-order chi connectivity index (χ1) is 20.1. The van der Waals surface area contributed by atoms with E-state index < -0.39 is 10.1 Å². The molecule has 43 heavy (non-hydrogen) atoms. The van der Waals surface area contributed by atoms with E-state index in [0.29, 0.717) is 11.1 Å². The molecule has 0 saturated heterocycles. The highest BCUT2D eigenvalue weighted by atomic mass is 32.2. The smallest absolute Gasteiger partial charge is 0.272 e. The predicted octanol–water partition coefficient (Wildman–Crippen LogP) is 5.79. The second kappa shape index (κ2) is 16.0. The number of hydrogen-bond acceptors (Lipinski definition) is 9. The number of nitro groups is 2. The second-order valence-corrected chi connectivity index (χ2v) is 12.1. The van der Waals surface area contributed by atoms with Gasteiger partial charge in [0.25, 0.3) is 11.4 Å². The third-order valence-corrected chi connectivity index (χ3v) is 8.12. The lowest BCUT2D eigenvalue weighted by molar-refractivity contribution is -0.907. The van der Waals surface area contributed by atoms with Crippen molar-refractivity contribution in [2.75, 3.05) is 50.4 Å². The summed E-state index contributed by atoms with van der Waals surface area (Å²) in [6.45, 7) is 12.2. The van der Waals surface area contributed by atoms with Crippen molar-refractivity contribution in [2.24, 2.45) is 0 Å². The highest BCUT2D eigenvalue weighted by Gasteiger charge is 2.18. The summed E-state index contributed by atoms with van der Waals surface area (Å²) in [4.78, 5) is 21.0. The molecule has 0 aliphatic carbocycles. The predicted molar refractivity (Wildman–Crippen MR) is 167 cm³/mol. The lowest BCUT2D eigenvalue weighted by atomic mass is 10.1. The first-order valence-electron chi connectivity index (χ1n) is 14.0. The molecule has 0 aromatic heterocycles. The average Bonchev–Trinajstić information content (AvgIpc) is 2.93. The quantitative estimate of drug-likeness (QED) is 0.0750. The molecule has 0 fully saturated rings. The van der Waals surface area contributed by atoms with Crippen LogP contribution < -0.4 is 10.6 Å². The number of rotatable bonds is 14. The average molecular weight is 616 g/mol. The molecule has 0 atom stereocenters. The molecule has 0 radical (unpaired) electrons. The van der Waals surface area contributed by atoms with E-state index in [0.717, 1.165) is 67.0 Å². The van der Waals surface area contributed by atoms with Gasteiger partial charge in [0.05, 0.1) is 41.4 Å². The fourth-order valence-electron chi connectivity index (χ4n) is 4.46. The van der Waals surface area contributed by atoms with Gasteiger partial charge in [-0.1, -0.05) is 17.7 Å². The van der Waals surface area contributed by atoms with E-state index in [9.17, 15) is 33.2 Å². The Bertz CT molecular complexity index is 1420. The molecule has 0 amide bonds. The van der Waals surface area contributed by atoms with Crippen LogP contribution in [0, 0.1) is 41.0 Å². The van der Waals surface area contributed by atoms with Crippen molar-refractivity contribution in [2.45, 2.75) is 45.4 Å². The third-order valence-electron chi connectivity index (χ3n) is 7.27. The van der Waals surface area contributed by atoms with Crippen molar-refractivity contribution in [1.29, 1.82) is 0 Å². The van der Waals surface area contributed by atoms with E-state index in [-0.39, 0.29) is 26.1 Å². The summed E-state index contributed by atoms with van der Waals surface area (Å²) in [6.07, 6.45) is 1.99. The van der Waals surface area contributed by atoms with Crippen molar-refractivity contribution >= 4 is 32.9 Å². The number of nitrogens with one attached hydrogen (secondary N) is 2. The summed E-state index contributed by atoms with van der Waals surface area (Å²) in [7, 11) is -2.01. The topological polar surface area (TPSA) is 168 Å². The molecular weight excluding hydrogens is 574 g/mol. The lowest BCUT2D eigenvalue weighted by Crippen LogP contribution is -2.46. The van der Waals surface area contributed by atoms with Crippen LogP contribution in [-0.2, 0) is 10.1 Å². The van der Waals surface area contributed by atoms with Crippen molar-refractivity contribution in [3.05, 3.63) is 97.6 Å². The SMILES string of the molecule is CC[N+](C)(CCCNc1ccc([N+](=O)[O-])c(C)c1)CCCNc1ccc([N+](=O)[O-])c(C)c1.Cc1ccc(S(=O)(=O)[O-])cc1. The van der Waals surface area contributed by atoms with E-state index in [2.05, 4.69) is 24.6 Å². The minimum absolute atomic E-state index is 0.142. The molecular formula is C30H41N5O7S. The summed E-state index contributed by atoms with van der Waals surface area (Å²) in [5.74, 6) is 0. The van der Waals surface area contributed by atoms with E-state index in [1.165, 1.54) is 12.1 Å². The van der Waals surface area contributed by atoms with Crippen LogP contribution in [0.2, 0.25) is 0 Å². The van der Waals surface area contributed by atoms with Crippen molar-refractivity contribution < 1.29 is 27.3 Å². The van der Waals surface area contributed by atoms with Gasteiger partial charge in [0, 0.05) is 60.6 Å². The van der Waals surface area contributed by atoms with Gasteiger partial charge in [-0.3, -0.25) is 20.2 Å². The van der Waals surface area contributed by atoms with Crippen LogP contribution in [0.15, 0.2) is 65.6 Å². The summed E-state index contributed by atoms with van der Waals surface area (Å²) in [6, 6.07) is 16.0. The first-order valence-corrected chi connectivity index (χ1v) is 15.4. The van der Waals surface area contributed by atoms with Crippen molar-refractivity contribution in [3.63, 3.8) is 0 Å². The number of aryl methyl sites for hydroxylation is 3.